The molecule has 0 aliphatic carbocycles. The zero-order valence-electron chi connectivity index (χ0n) is 28.4. The Balaban J connectivity index is 1.61. The van der Waals surface area contributed by atoms with Crippen LogP contribution in [0.3, 0.4) is 0 Å². The summed E-state index contributed by atoms with van der Waals surface area (Å²) in [5, 5.41) is 2.47. The molecular formula is C35H45N3O8Si. The van der Waals surface area contributed by atoms with Crippen LogP contribution in [0.5, 0.6) is 0 Å². The standard InChI is InChI=1S/C35H45N3O8Si/c1-23(2)31(40)36-29-18-19-38(33(42)37-29)30-20-35(46-24(3)39,22-44-47(7,8)34(4,5)6)28(45-30)21-43-32(41)27-16-14-26(15-17-27)25-12-10-9-11-13-25/h9-19,23,28,30H,20-22H2,1-8H3,(H,36,37,40,42)/t28-,30-,35-/m1/s1. The summed E-state index contributed by atoms with van der Waals surface area (Å²) < 4.78 is 25.9. The van der Waals surface area contributed by atoms with Gasteiger partial charge in [-0.2, -0.15) is 4.98 Å². The van der Waals surface area contributed by atoms with Crippen LogP contribution in [0.15, 0.2) is 71.7 Å². The molecule has 4 rings (SSSR count). The van der Waals surface area contributed by atoms with Crippen molar-refractivity contribution in [2.24, 2.45) is 5.92 Å². The number of nitrogens with zero attached hydrogens (tertiary/aromatic N) is 2. The Morgan fingerprint density at radius 2 is 1.68 bits per heavy atom. The molecule has 0 unspecified atom stereocenters. The maximum absolute atomic E-state index is 13.2. The van der Waals surface area contributed by atoms with Crippen LogP contribution in [-0.4, -0.2) is 60.6 Å². The average Bonchev–Trinajstić information content (AvgIpc) is 3.36. The zero-order chi connectivity index (χ0) is 34.6. The predicted molar refractivity (Wildman–Crippen MR) is 180 cm³/mol. The number of nitrogens with one attached hydrogen (secondary N) is 1. The second-order valence-electron chi connectivity index (χ2n) is 13.7. The SMILES string of the molecule is CC(=O)O[C@@]1(CO[Si](C)(C)C(C)(C)C)C[C@H](n2ccc(NC(=O)C(C)C)nc2=O)O[C@@H]1COC(=O)c1ccc(-c2ccccc2)cc1. The van der Waals surface area contributed by atoms with E-state index in [1.807, 2.05) is 42.5 Å². The Kier molecular flexibility index (Phi) is 10.9. The van der Waals surface area contributed by atoms with Gasteiger partial charge in [-0.1, -0.05) is 77.1 Å². The molecule has 1 aliphatic heterocycles. The van der Waals surface area contributed by atoms with E-state index in [1.54, 1.807) is 26.0 Å². The first-order valence-electron chi connectivity index (χ1n) is 15.7. The fourth-order valence-corrected chi connectivity index (χ4v) is 5.91. The van der Waals surface area contributed by atoms with E-state index in [0.29, 0.717) is 5.56 Å². The molecule has 11 nitrogen and oxygen atoms in total. The van der Waals surface area contributed by atoms with Crippen LogP contribution in [0.1, 0.15) is 64.5 Å². The van der Waals surface area contributed by atoms with Crippen molar-refractivity contribution in [1.29, 1.82) is 0 Å². The van der Waals surface area contributed by atoms with Gasteiger partial charge in [-0.3, -0.25) is 14.2 Å². The Labute approximate surface area is 276 Å². The molecule has 1 N–H and O–H groups in total. The summed E-state index contributed by atoms with van der Waals surface area (Å²) in [6.07, 6.45) is -0.401. The molecule has 3 atom stereocenters. The lowest BCUT2D eigenvalue weighted by Crippen LogP contribution is -2.53. The third kappa shape index (κ3) is 8.62. The molecule has 1 saturated heterocycles. The maximum atomic E-state index is 13.2. The van der Waals surface area contributed by atoms with Gasteiger partial charge in [-0.15, -0.1) is 0 Å². The number of rotatable bonds is 11. The number of hydrogen-bond donors (Lipinski definition) is 1. The third-order valence-electron chi connectivity index (χ3n) is 8.77. The van der Waals surface area contributed by atoms with Crippen molar-refractivity contribution in [1.82, 2.24) is 9.55 Å². The number of benzene rings is 2. The van der Waals surface area contributed by atoms with Crippen molar-refractivity contribution < 1.29 is 33.0 Å². The highest BCUT2D eigenvalue weighted by atomic mass is 28.4. The molecule has 252 valence electrons. The number of anilines is 1. The number of hydrogen-bond acceptors (Lipinski definition) is 9. The Morgan fingerprint density at radius 3 is 2.26 bits per heavy atom. The van der Waals surface area contributed by atoms with Gasteiger partial charge in [-0.05, 0) is 47.5 Å². The summed E-state index contributed by atoms with van der Waals surface area (Å²) in [6, 6.07) is 18.4. The summed E-state index contributed by atoms with van der Waals surface area (Å²) in [5.41, 5.74) is 0.261. The van der Waals surface area contributed by atoms with Crippen molar-refractivity contribution >= 4 is 32.0 Å². The summed E-state index contributed by atoms with van der Waals surface area (Å²) in [7, 11) is -2.35. The minimum Gasteiger partial charge on any atom is -0.459 e. The van der Waals surface area contributed by atoms with E-state index in [2.05, 4.69) is 44.2 Å². The van der Waals surface area contributed by atoms with Crippen LogP contribution in [0, 0.1) is 5.92 Å². The van der Waals surface area contributed by atoms with E-state index >= 15 is 0 Å². The van der Waals surface area contributed by atoms with Crippen LogP contribution in [0.2, 0.25) is 18.1 Å². The zero-order valence-corrected chi connectivity index (χ0v) is 29.4. The molecule has 12 heteroatoms. The fraction of sp³-hybridized carbons (Fsp3) is 0.457. The predicted octanol–water partition coefficient (Wildman–Crippen LogP) is 5.97. The number of aromatic nitrogens is 2. The average molecular weight is 664 g/mol. The lowest BCUT2D eigenvalue weighted by Gasteiger charge is -2.40. The first-order valence-corrected chi connectivity index (χ1v) is 18.6. The van der Waals surface area contributed by atoms with Crippen LogP contribution in [0.4, 0.5) is 5.82 Å². The van der Waals surface area contributed by atoms with Crippen LogP contribution >= 0.6 is 0 Å². The molecule has 0 spiro atoms. The second kappa shape index (κ2) is 14.3. The van der Waals surface area contributed by atoms with Crippen molar-refractivity contribution in [2.45, 2.75) is 84.0 Å². The summed E-state index contributed by atoms with van der Waals surface area (Å²) >= 11 is 0. The summed E-state index contributed by atoms with van der Waals surface area (Å²) in [6.45, 7) is 14.9. The topological polar surface area (TPSA) is 135 Å². The monoisotopic (exact) mass is 663 g/mol. The van der Waals surface area contributed by atoms with Gasteiger partial charge in [0.05, 0.1) is 12.2 Å². The Morgan fingerprint density at radius 1 is 1.04 bits per heavy atom. The molecule has 2 aromatic carbocycles. The highest BCUT2D eigenvalue weighted by Gasteiger charge is 2.54. The molecule has 1 aromatic heterocycles. The first-order chi connectivity index (χ1) is 22.0. The number of esters is 2. The van der Waals surface area contributed by atoms with Crippen LogP contribution in [-0.2, 0) is 28.2 Å². The van der Waals surface area contributed by atoms with E-state index in [-0.39, 0.29) is 42.3 Å². The minimum atomic E-state index is -2.35. The quantitative estimate of drug-likeness (QED) is 0.194. The van der Waals surface area contributed by atoms with Gasteiger partial charge in [0.1, 0.15) is 24.8 Å². The van der Waals surface area contributed by atoms with Gasteiger partial charge >= 0.3 is 17.6 Å². The summed E-state index contributed by atoms with van der Waals surface area (Å²) in [4.78, 5) is 55.1. The Hall–Kier alpha value is -4.13. The summed E-state index contributed by atoms with van der Waals surface area (Å²) in [5.74, 6) is -1.62. The first kappa shape index (κ1) is 35.7. The van der Waals surface area contributed by atoms with Crippen molar-refractivity contribution in [3.8, 4) is 11.1 Å². The number of ether oxygens (including phenoxy) is 3. The number of amides is 1. The van der Waals surface area contributed by atoms with Gasteiger partial charge in [0.25, 0.3) is 0 Å². The molecule has 1 aliphatic rings. The van der Waals surface area contributed by atoms with Gasteiger partial charge in [-0.25, -0.2) is 9.59 Å². The van der Waals surface area contributed by atoms with Crippen LogP contribution < -0.4 is 11.0 Å². The molecule has 47 heavy (non-hydrogen) atoms. The number of carbonyl (C=O) groups is 3. The number of carbonyl (C=O) groups excluding carboxylic acids is 3. The molecule has 1 amide bonds. The van der Waals surface area contributed by atoms with E-state index in [4.69, 9.17) is 18.6 Å². The Bertz CT molecular complexity index is 1630. The molecule has 0 saturated carbocycles. The molecule has 2 heterocycles. The highest BCUT2D eigenvalue weighted by molar-refractivity contribution is 6.74. The molecule has 1 fully saturated rings. The van der Waals surface area contributed by atoms with E-state index in [1.165, 1.54) is 23.8 Å². The van der Waals surface area contributed by atoms with Crippen molar-refractivity contribution in [3.05, 3.63) is 82.9 Å². The van der Waals surface area contributed by atoms with Gasteiger partial charge < -0.3 is 24.0 Å². The lowest BCUT2D eigenvalue weighted by atomic mass is 9.95. The fourth-order valence-electron chi connectivity index (χ4n) is 4.87. The van der Waals surface area contributed by atoms with E-state index in [0.717, 1.165) is 11.1 Å². The molecule has 3 aromatic rings. The van der Waals surface area contributed by atoms with Gasteiger partial charge in [0.15, 0.2) is 13.9 Å². The normalized spacial score (nSPS) is 19.8. The van der Waals surface area contributed by atoms with Crippen LogP contribution in [0.25, 0.3) is 11.1 Å². The largest absolute Gasteiger partial charge is 0.459 e. The minimum absolute atomic E-state index is 0.0295. The smallest absolute Gasteiger partial charge is 0.351 e. The van der Waals surface area contributed by atoms with Gasteiger partial charge in [0.2, 0.25) is 5.91 Å². The third-order valence-corrected chi connectivity index (χ3v) is 13.2. The second-order valence-corrected chi connectivity index (χ2v) is 18.5. The van der Waals surface area contributed by atoms with Gasteiger partial charge in [0, 0.05) is 25.5 Å². The van der Waals surface area contributed by atoms with Crippen molar-refractivity contribution in [3.63, 3.8) is 0 Å². The maximum Gasteiger partial charge on any atom is 0.351 e. The lowest BCUT2D eigenvalue weighted by molar-refractivity contribution is -0.172. The van der Waals surface area contributed by atoms with E-state index < -0.39 is 43.9 Å². The molecule has 0 bridgehead atoms. The molecule has 0 radical (unpaired) electrons. The highest BCUT2D eigenvalue weighted by Crippen LogP contribution is 2.43. The van der Waals surface area contributed by atoms with Crippen molar-refractivity contribution in [2.75, 3.05) is 18.5 Å². The molecular weight excluding hydrogens is 618 g/mol. The van der Waals surface area contributed by atoms with E-state index in [9.17, 15) is 19.2 Å².